The summed E-state index contributed by atoms with van der Waals surface area (Å²) in [6.07, 6.45) is 1.75. The van der Waals surface area contributed by atoms with Crippen molar-refractivity contribution in [1.29, 1.82) is 0 Å². The number of aromatic nitrogens is 1. The highest BCUT2D eigenvalue weighted by molar-refractivity contribution is 6.08. The summed E-state index contributed by atoms with van der Waals surface area (Å²) >= 11 is 0. The average molecular weight is 186 g/mol. The fraction of sp³-hybridized carbons (Fsp3) is 0.0909. The van der Waals surface area contributed by atoms with Crippen molar-refractivity contribution in [2.75, 3.05) is 0 Å². The predicted octanol–water partition coefficient (Wildman–Crippen LogP) is 2.43. The van der Waals surface area contributed by atoms with Crippen LogP contribution in [0, 0.1) is 0 Å². The Balaban J connectivity index is 2.77. The van der Waals surface area contributed by atoms with Gasteiger partial charge in [0.05, 0.1) is 11.2 Å². The SMILES string of the molecule is C/C(=N\O)c1cccc2ncccc12. The maximum absolute atomic E-state index is 8.72. The molecule has 0 spiro atoms. The lowest BCUT2D eigenvalue weighted by Crippen LogP contribution is -1.95. The first-order valence-electron chi connectivity index (χ1n) is 4.35. The van der Waals surface area contributed by atoms with E-state index in [0.29, 0.717) is 5.71 Å². The third-order valence-electron chi connectivity index (χ3n) is 2.19. The van der Waals surface area contributed by atoms with Crippen molar-refractivity contribution in [3.05, 3.63) is 42.1 Å². The van der Waals surface area contributed by atoms with Gasteiger partial charge in [-0.05, 0) is 19.1 Å². The van der Waals surface area contributed by atoms with Crippen molar-refractivity contribution in [2.24, 2.45) is 5.16 Å². The molecule has 14 heavy (non-hydrogen) atoms. The predicted molar refractivity (Wildman–Crippen MR) is 55.7 cm³/mol. The molecule has 3 nitrogen and oxygen atoms in total. The summed E-state index contributed by atoms with van der Waals surface area (Å²) in [5.74, 6) is 0. The lowest BCUT2D eigenvalue weighted by atomic mass is 10.1. The van der Waals surface area contributed by atoms with Gasteiger partial charge in [-0.15, -0.1) is 0 Å². The Morgan fingerprint density at radius 3 is 2.93 bits per heavy atom. The molecule has 0 unspecified atom stereocenters. The number of nitrogens with zero attached hydrogens (tertiary/aromatic N) is 2. The van der Waals surface area contributed by atoms with Gasteiger partial charge in [0.25, 0.3) is 0 Å². The van der Waals surface area contributed by atoms with Crippen LogP contribution in [0.15, 0.2) is 41.7 Å². The maximum Gasteiger partial charge on any atom is 0.0843 e. The third-order valence-corrected chi connectivity index (χ3v) is 2.19. The summed E-state index contributed by atoms with van der Waals surface area (Å²) in [5.41, 5.74) is 2.43. The molecular formula is C11H10N2O. The molecule has 0 aliphatic carbocycles. The quantitative estimate of drug-likeness (QED) is 0.422. The van der Waals surface area contributed by atoms with Gasteiger partial charge in [0.15, 0.2) is 0 Å². The van der Waals surface area contributed by atoms with Gasteiger partial charge in [0, 0.05) is 17.1 Å². The van der Waals surface area contributed by atoms with E-state index in [2.05, 4.69) is 10.1 Å². The van der Waals surface area contributed by atoms with E-state index in [9.17, 15) is 0 Å². The molecule has 1 aromatic heterocycles. The first kappa shape index (κ1) is 8.69. The van der Waals surface area contributed by atoms with Gasteiger partial charge >= 0.3 is 0 Å². The summed E-state index contributed by atoms with van der Waals surface area (Å²) in [5, 5.41) is 12.9. The Hall–Kier alpha value is -1.90. The number of rotatable bonds is 1. The van der Waals surface area contributed by atoms with Gasteiger partial charge in [-0.2, -0.15) is 0 Å². The van der Waals surface area contributed by atoms with Crippen LogP contribution in [-0.4, -0.2) is 15.9 Å². The van der Waals surface area contributed by atoms with Gasteiger partial charge in [-0.1, -0.05) is 23.4 Å². The summed E-state index contributed by atoms with van der Waals surface area (Å²) in [7, 11) is 0. The molecule has 1 aromatic carbocycles. The number of benzene rings is 1. The van der Waals surface area contributed by atoms with Crippen molar-refractivity contribution in [2.45, 2.75) is 6.92 Å². The Morgan fingerprint density at radius 1 is 1.29 bits per heavy atom. The zero-order chi connectivity index (χ0) is 9.97. The second-order valence-electron chi connectivity index (χ2n) is 3.06. The van der Waals surface area contributed by atoms with Crippen molar-refractivity contribution in [3.63, 3.8) is 0 Å². The van der Waals surface area contributed by atoms with Crippen molar-refractivity contribution in [1.82, 2.24) is 4.98 Å². The second-order valence-corrected chi connectivity index (χ2v) is 3.06. The van der Waals surface area contributed by atoms with Crippen LogP contribution in [0.3, 0.4) is 0 Å². The maximum atomic E-state index is 8.72. The topological polar surface area (TPSA) is 45.5 Å². The molecule has 0 fully saturated rings. The van der Waals surface area contributed by atoms with Crippen molar-refractivity contribution in [3.8, 4) is 0 Å². The molecular weight excluding hydrogens is 176 g/mol. The van der Waals surface area contributed by atoms with E-state index in [1.165, 1.54) is 0 Å². The van der Waals surface area contributed by atoms with E-state index < -0.39 is 0 Å². The molecule has 0 bridgehead atoms. The van der Waals surface area contributed by atoms with E-state index in [1.807, 2.05) is 30.3 Å². The molecule has 2 rings (SSSR count). The van der Waals surface area contributed by atoms with Crippen LogP contribution in [0.25, 0.3) is 10.9 Å². The van der Waals surface area contributed by atoms with Gasteiger partial charge in [-0.25, -0.2) is 0 Å². The Kier molecular flexibility index (Phi) is 2.14. The molecule has 0 saturated heterocycles. The Morgan fingerprint density at radius 2 is 2.14 bits per heavy atom. The molecule has 0 aliphatic heterocycles. The second kappa shape index (κ2) is 3.46. The number of fused-ring (bicyclic) bond motifs is 1. The summed E-state index contributed by atoms with van der Waals surface area (Å²) in [6, 6.07) is 9.59. The van der Waals surface area contributed by atoms with Crippen molar-refractivity contribution >= 4 is 16.6 Å². The van der Waals surface area contributed by atoms with Crippen LogP contribution in [0.5, 0.6) is 0 Å². The minimum absolute atomic E-state index is 0.601. The van der Waals surface area contributed by atoms with Crippen LogP contribution < -0.4 is 0 Å². The molecule has 2 aromatic rings. The van der Waals surface area contributed by atoms with E-state index in [1.54, 1.807) is 13.1 Å². The van der Waals surface area contributed by atoms with Crippen LogP contribution in [-0.2, 0) is 0 Å². The highest BCUT2D eigenvalue weighted by Crippen LogP contribution is 2.16. The van der Waals surface area contributed by atoms with E-state index in [0.717, 1.165) is 16.5 Å². The van der Waals surface area contributed by atoms with Gasteiger partial charge in [-0.3, -0.25) is 4.98 Å². The summed E-state index contributed by atoms with van der Waals surface area (Å²) < 4.78 is 0. The molecule has 0 amide bonds. The number of oxime groups is 1. The number of pyridine rings is 1. The first-order valence-corrected chi connectivity index (χ1v) is 4.35. The molecule has 0 aliphatic rings. The number of hydrogen-bond donors (Lipinski definition) is 1. The molecule has 0 atom stereocenters. The van der Waals surface area contributed by atoms with E-state index in [4.69, 9.17) is 5.21 Å². The minimum Gasteiger partial charge on any atom is -0.411 e. The van der Waals surface area contributed by atoms with Crippen LogP contribution in [0.4, 0.5) is 0 Å². The third kappa shape index (κ3) is 1.33. The lowest BCUT2D eigenvalue weighted by molar-refractivity contribution is 0.319. The largest absolute Gasteiger partial charge is 0.411 e. The zero-order valence-corrected chi connectivity index (χ0v) is 7.81. The summed E-state index contributed by atoms with van der Waals surface area (Å²) in [4.78, 5) is 4.22. The lowest BCUT2D eigenvalue weighted by Gasteiger charge is -2.03. The Bertz CT molecular complexity index is 486. The van der Waals surface area contributed by atoms with E-state index in [-0.39, 0.29) is 0 Å². The standard InChI is InChI=1S/C11H10N2O/c1-8(13-14)9-4-2-6-11-10(9)5-3-7-12-11/h2-7,14H,1H3/b13-8+. The van der Waals surface area contributed by atoms with Gasteiger partial charge in [0.1, 0.15) is 0 Å². The fourth-order valence-corrected chi connectivity index (χ4v) is 1.47. The van der Waals surface area contributed by atoms with Gasteiger partial charge in [0.2, 0.25) is 0 Å². The molecule has 3 heteroatoms. The zero-order valence-electron chi connectivity index (χ0n) is 7.81. The molecule has 70 valence electrons. The molecule has 0 saturated carbocycles. The van der Waals surface area contributed by atoms with Crippen LogP contribution in [0.1, 0.15) is 12.5 Å². The molecule has 0 radical (unpaired) electrons. The first-order chi connectivity index (χ1) is 6.83. The highest BCUT2D eigenvalue weighted by atomic mass is 16.4. The van der Waals surface area contributed by atoms with Crippen molar-refractivity contribution < 1.29 is 5.21 Å². The molecule has 1 heterocycles. The average Bonchev–Trinajstić information content (AvgIpc) is 2.27. The highest BCUT2D eigenvalue weighted by Gasteiger charge is 2.03. The van der Waals surface area contributed by atoms with E-state index >= 15 is 0 Å². The monoisotopic (exact) mass is 186 g/mol. The fourth-order valence-electron chi connectivity index (χ4n) is 1.47. The minimum atomic E-state index is 0.601. The van der Waals surface area contributed by atoms with Gasteiger partial charge < -0.3 is 5.21 Å². The Labute approximate surface area is 81.7 Å². The van der Waals surface area contributed by atoms with Crippen LogP contribution in [0.2, 0.25) is 0 Å². The number of hydrogen-bond acceptors (Lipinski definition) is 3. The smallest absolute Gasteiger partial charge is 0.0843 e. The molecule has 1 N–H and O–H groups in total. The normalized spacial score (nSPS) is 11.9. The summed E-state index contributed by atoms with van der Waals surface area (Å²) in [6.45, 7) is 1.77. The van der Waals surface area contributed by atoms with Crippen LogP contribution >= 0.6 is 0 Å².